The molecule has 3 heterocycles. The molecule has 10 heteroatoms. The molecule has 0 unspecified atom stereocenters. The van der Waals surface area contributed by atoms with E-state index in [0.717, 1.165) is 31.6 Å². The van der Waals surface area contributed by atoms with Gasteiger partial charge in [-0.15, -0.1) is 5.10 Å². The van der Waals surface area contributed by atoms with Crippen LogP contribution >= 0.6 is 0 Å². The number of aromatic nitrogens is 3. The minimum absolute atomic E-state index is 0.0985. The third-order valence-corrected chi connectivity index (χ3v) is 7.76. The Labute approximate surface area is 208 Å². The second-order valence-corrected chi connectivity index (χ2v) is 12.1. The molecule has 35 heavy (non-hydrogen) atoms. The standard InChI is InChI=1S/C25H42N6O4/c1-16(2)29-10-8-25(35,9-11-29)15-26-22(33)20-12-18(32)13-30(20)23(34)21(24(3,4)5)31-14-19(27-28-31)17-6-7-17/h14,16-18,20-21,32,35H,6-13,15H2,1-5H3,(H,26,33)/t18-,20+,21-/m1/s1. The summed E-state index contributed by atoms with van der Waals surface area (Å²) in [6, 6.07) is -1.00. The molecule has 1 aliphatic carbocycles. The zero-order valence-corrected chi connectivity index (χ0v) is 21.8. The highest BCUT2D eigenvalue weighted by Gasteiger charge is 2.46. The fraction of sp³-hybridized carbons (Fsp3) is 0.840. The molecule has 4 rings (SSSR count). The first-order valence-electron chi connectivity index (χ1n) is 13.0. The van der Waals surface area contributed by atoms with E-state index in [2.05, 4.69) is 34.4 Å². The molecule has 196 valence electrons. The van der Waals surface area contributed by atoms with Crippen LogP contribution in [0.5, 0.6) is 0 Å². The molecule has 1 aromatic heterocycles. The predicted molar refractivity (Wildman–Crippen MR) is 131 cm³/mol. The summed E-state index contributed by atoms with van der Waals surface area (Å²) in [7, 11) is 0. The van der Waals surface area contributed by atoms with Crippen molar-refractivity contribution in [3.05, 3.63) is 11.9 Å². The largest absolute Gasteiger partial charge is 0.391 e. The number of β-amino-alcohol motifs (C(OH)–C–C–N with tert-alkyl or cyclic N) is 1. The number of aliphatic hydroxyl groups excluding tert-OH is 1. The molecule has 2 amide bonds. The summed E-state index contributed by atoms with van der Waals surface area (Å²) in [4.78, 5) is 30.8. The Bertz CT molecular complexity index is 913. The van der Waals surface area contributed by atoms with Gasteiger partial charge in [-0.3, -0.25) is 9.59 Å². The van der Waals surface area contributed by atoms with Crippen LogP contribution in [0.3, 0.4) is 0 Å². The van der Waals surface area contributed by atoms with Gasteiger partial charge in [0.1, 0.15) is 12.1 Å². The van der Waals surface area contributed by atoms with Gasteiger partial charge in [0.15, 0.2) is 0 Å². The van der Waals surface area contributed by atoms with Crippen molar-refractivity contribution in [1.82, 2.24) is 30.1 Å². The molecule has 3 fully saturated rings. The summed E-state index contributed by atoms with van der Waals surface area (Å²) in [5.41, 5.74) is -0.527. The number of carbonyl (C=O) groups is 2. The monoisotopic (exact) mass is 490 g/mol. The van der Waals surface area contributed by atoms with Gasteiger partial charge in [0.2, 0.25) is 11.8 Å². The molecule has 0 bridgehead atoms. The van der Waals surface area contributed by atoms with E-state index in [1.54, 1.807) is 4.68 Å². The molecule has 10 nitrogen and oxygen atoms in total. The summed E-state index contributed by atoms with van der Waals surface area (Å²) in [6.07, 6.45) is 4.62. The van der Waals surface area contributed by atoms with E-state index in [1.807, 2.05) is 27.0 Å². The summed E-state index contributed by atoms with van der Waals surface area (Å²) < 4.78 is 1.63. The number of carbonyl (C=O) groups excluding carboxylic acids is 2. The van der Waals surface area contributed by atoms with Crippen molar-refractivity contribution < 1.29 is 19.8 Å². The summed E-state index contributed by atoms with van der Waals surface area (Å²) >= 11 is 0. The van der Waals surface area contributed by atoms with Gasteiger partial charge < -0.3 is 25.3 Å². The zero-order chi connectivity index (χ0) is 25.5. The number of nitrogens with one attached hydrogen (secondary N) is 1. The van der Waals surface area contributed by atoms with E-state index in [0.29, 0.717) is 24.8 Å². The average molecular weight is 491 g/mol. The number of likely N-dealkylation sites (tertiary alicyclic amines) is 2. The predicted octanol–water partition coefficient (Wildman–Crippen LogP) is 1.06. The lowest BCUT2D eigenvalue weighted by Crippen LogP contribution is -2.55. The molecule has 3 atom stereocenters. The van der Waals surface area contributed by atoms with Crippen LogP contribution in [-0.4, -0.2) is 96.8 Å². The van der Waals surface area contributed by atoms with E-state index in [4.69, 9.17) is 0 Å². The fourth-order valence-electron chi connectivity index (χ4n) is 5.33. The van der Waals surface area contributed by atoms with Crippen LogP contribution in [0.4, 0.5) is 0 Å². The first kappa shape index (κ1) is 26.0. The number of aliphatic hydroxyl groups is 2. The molecule has 0 spiro atoms. The fourth-order valence-corrected chi connectivity index (χ4v) is 5.33. The topological polar surface area (TPSA) is 124 Å². The van der Waals surface area contributed by atoms with Crippen molar-refractivity contribution in [2.75, 3.05) is 26.2 Å². The maximum atomic E-state index is 13.8. The molecule has 3 N–H and O–H groups in total. The molecule has 0 aromatic carbocycles. The van der Waals surface area contributed by atoms with Gasteiger partial charge in [0.05, 0.1) is 17.4 Å². The SMILES string of the molecule is CC(C)N1CCC(O)(CNC(=O)[C@@H]2C[C@@H](O)CN2C(=O)[C@@H](n2cc(C3CC3)nn2)C(C)(C)C)CC1. The van der Waals surface area contributed by atoms with Crippen molar-refractivity contribution in [2.45, 2.75) is 102 Å². The van der Waals surface area contributed by atoms with E-state index in [1.165, 1.54) is 4.90 Å². The molecular weight excluding hydrogens is 448 g/mol. The lowest BCUT2D eigenvalue weighted by molar-refractivity contribution is -0.144. The first-order chi connectivity index (χ1) is 16.4. The Morgan fingerprint density at radius 2 is 1.89 bits per heavy atom. The molecule has 1 saturated carbocycles. The number of amides is 2. The van der Waals surface area contributed by atoms with Crippen LogP contribution in [0, 0.1) is 5.41 Å². The van der Waals surface area contributed by atoms with Gasteiger partial charge in [-0.2, -0.15) is 0 Å². The molecule has 0 radical (unpaired) electrons. The summed E-state index contributed by atoms with van der Waals surface area (Å²) in [5.74, 6) is -0.158. The highest BCUT2D eigenvalue weighted by atomic mass is 16.3. The smallest absolute Gasteiger partial charge is 0.248 e. The minimum Gasteiger partial charge on any atom is -0.391 e. The van der Waals surface area contributed by atoms with Gasteiger partial charge in [-0.05, 0) is 44.9 Å². The lowest BCUT2D eigenvalue weighted by Gasteiger charge is -2.40. The number of nitrogens with zero attached hydrogens (tertiary/aromatic N) is 5. The maximum Gasteiger partial charge on any atom is 0.248 e. The lowest BCUT2D eigenvalue weighted by atomic mass is 9.85. The van der Waals surface area contributed by atoms with Crippen molar-refractivity contribution >= 4 is 11.8 Å². The molecule has 2 aliphatic heterocycles. The van der Waals surface area contributed by atoms with E-state index >= 15 is 0 Å². The van der Waals surface area contributed by atoms with E-state index in [-0.39, 0.29) is 31.3 Å². The number of hydrogen-bond donors (Lipinski definition) is 3. The molecule has 2 saturated heterocycles. The van der Waals surface area contributed by atoms with Crippen LogP contribution < -0.4 is 5.32 Å². The van der Waals surface area contributed by atoms with Crippen molar-refractivity contribution in [3.8, 4) is 0 Å². The van der Waals surface area contributed by atoms with Gasteiger partial charge in [0.25, 0.3) is 0 Å². The highest BCUT2D eigenvalue weighted by molar-refractivity contribution is 5.90. The molecule has 3 aliphatic rings. The Morgan fingerprint density at radius 1 is 1.23 bits per heavy atom. The maximum absolute atomic E-state index is 13.8. The zero-order valence-electron chi connectivity index (χ0n) is 21.8. The highest BCUT2D eigenvalue weighted by Crippen LogP contribution is 2.40. The molecule has 1 aromatic rings. The van der Waals surface area contributed by atoms with Crippen LogP contribution in [0.1, 0.15) is 84.4 Å². The summed E-state index contributed by atoms with van der Waals surface area (Å²) in [5, 5.41) is 32.8. The number of piperidine rings is 1. The van der Waals surface area contributed by atoms with Crippen LogP contribution in [0.15, 0.2) is 6.20 Å². The quantitative estimate of drug-likeness (QED) is 0.522. The number of hydrogen-bond acceptors (Lipinski definition) is 7. The summed E-state index contributed by atoms with van der Waals surface area (Å²) in [6.45, 7) is 12.0. The Balaban J connectivity index is 1.44. The van der Waals surface area contributed by atoms with Crippen molar-refractivity contribution in [3.63, 3.8) is 0 Å². The van der Waals surface area contributed by atoms with E-state index in [9.17, 15) is 19.8 Å². The number of rotatable bonds is 7. The van der Waals surface area contributed by atoms with Crippen molar-refractivity contribution in [1.29, 1.82) is 0 Å². The van der Waals surface area contributed by atoms with E-state index < -0.39 is 29.2 Å². The minimum atomic E-state index is -0.957. The van der Waals surface area contributed by atoms with Gasteiger partial charge in [-0.1, -0.05) is 26.0 Å². The third-order valence-electron chi connectivity index (χ3n) is 7.76. The average Bonchev–Trinajstić information content (AvgIpc) is 3.39. The van der Waals surface area contributed by atoms with Crippen LogP contribution in [-0.2, 0) is 9.59 Å². The third kappa shape index (κ3) is 5.86. The Kier molecular flexibility index (Phi) is 7.28. The normalized spacial score (nSPS) is 26.2. The second-order valence-electron chi connectivity index (χ2n) is 12.1. The van der Waals surface area contributed by atoms with Gasteiger partial charge >= 0.3 is 0 Å². The van der Waals surface area contributed by atoms with Gasteiger partial charge in [0, 0.05) is 50.8 Å². The Morgan fingerprint density at radius 3 is 2.46 bits per heavy atom. The Hall–Kier alpha value is -2.04. The first-order valence-corrected chi connectivity index (χ1v) is 13.0. The van der Waals surface area contributed by atoms with Crippen LogP contribution in [0.2, 0.25) is 0 Å². The van der Waals surface area contributed by atoms with Gasteiger partial charge in [-0.25, -0.2) is 4.68 Å². The second kappa shape index (κ2) is 9.78. The molecular formula is C25H42N6O4. The van der Waals surface area contributed by atoms with Crippen molar-refractivity contribution in [2.24, 2.45) is 5.41 Å². The van der Waals surface area contributed by atoms with Crippen LogP contribution in [0.25, 0.3) is 0 Å².